The van der Waals surface area contributed by atoms with E-state index in [1.54, 1.807) is 21.9 Å². The number of carbonyl (C=O) groups excluding carboxylic acids is 2. The minimum Gasteiger partial charge on any atom is -0.494 e. The van der Waals surface area contributed by atoms with Crippen molar-refractivity contribution in [2.24, 2.45) is 0 Å². The van der Waals surface area contributed by atoms with E-state index in [4.69, 9.17) is 9.47 Å². The van der Waals surface area contributed by atoms with Crippen LogP contribution in [-0.2, 0) is 4.74 Å². The van der Waals surface area contributed by atoms with Crippen molar-refractivity contribution >= 4 is 12.0 Å². The van der Waals surface area contributed by atoms with Crippen molar-refractivity contribution in [2.75, 3.05) is 39.9 Å². The van der Waals surface area contributed by atoms with Gasteiger partial charge in [0.25, 0.3) is 5.91 Å². The summed E-state index contributed by atoms with van der Waals surface area (Å²) in [5, 5.41) is 0. The third-order valence-electron chi connectivity index (χ3n) is 3.79. The average molecular weight is 320 g/mol. The minimum absolute atomic E-state index is 0.0150. The molecule has 1 aliphatic heterocycles. The highest BCUT2D eigenvalue weighted by Gasteiger charge is 2.23. The monoisotopic (exact) mass is 320 g/mol. The first-order chi connectivity index (χ1) is 11.2. The first kappa shape index (κ1) is 17.1. The van der Waals surface area contributed by atoms with Crippen LogP contribution in [0.2, 0.25) is 0 Å². The molecule has 0 spiro atoms. The van der Waals surface area contributed by atoms with Crippen molar-refractivity contribution in [1.82, 2.24) is 9.80 Å². The van der Waals surface area contributed by atoms with E-state index in [1.807, 2.05) is 12.1 Å². The maximum Gasteiger partial charge on any atom is 0.409 e. The number of benzene rings is 1. The van der Waals surface area contributed by atoms with Gasteiger partial charge < -0.3 is 19.3 Å². The van der Waals surface area contributed by atoms with Gasteiger partial charge in [0.1, 0.15) is 5.75 Å². The first-order valence-corrected chi connectivity index (χ1v) is 8.00. The minimum atomic E-state index is -0.336. The van der Waals surface area contributed by atoms with Crippen LogP contribution in [0.5, 0.6) is 5.75 Å². The highest BCUT2D eigenvalue weighted by molar-refractivity contribution is 5.94. The Bertz CT molecular complexity index is 530. The van der Waals surface area contributed by atoms with Crippen molar-refractivity contribution in [3.8, 4) is 5.75 Å². The van der Waals surface area contributed by atoms with Gasteiger partial charge in [-0.05, 0) is 37.1 Å². The molecule has 1 aromatic rings. The van der Waals surface area contributed by atoms with Crippen LogP contribution in [0.15, 0.2) is 24.3 Å². The largest absolute Gasteiger partial charge is 0.494 e. The average Bonchev–Trinajstić information content (AvgIpc) is 2.85. The Hall–Kier alpha value is -2.24. The Labute approximate surface area is 137 Å². The molecule has 0 unspecified atom stereocenters. The number of amides is 2. The van der Waals surface area contributed by atoms with Crippen molar-refractivity contribution in [3.05, 3.63) is 29.8 Å². The Morgan fingerprint density at radius 3 is 2.35 bits per heavy atom. The Morgan fingerprint density at radius 1 is 1.04 bits per heavy atom. The Balaban J connectivity index is 1.96. The summed E-state index contributed by atoms with van der Waals surface area (Å²) in [6, 6.07) is 7.22. The molecule has 2 amide bonds. The molecular weight excluding hydrogens is 296 g/mol. The van der Waals surface area contributed by atoms with Crippen LogP contribution < -0.4 is 4.74 Å². The number of methoxy groups -OCH3 is 1. The lowest BCUT2D eigenvalue weighted by Gasteiger charge is -2.21. The van der Waals surface area contributed by atoms with E-state index in [-0.39, 0.29) is 12.0 Å². The van der Waals surface area contributed by atoms with Crippen LogP contribution >= 0.6 is 0 Å². The van der Waals surface area contributed by atoms with Crippen LogP contribution in [0.1, 0.15) is 30.1 Å². The van der Waals surface area contributed by atoms with E-state index < -0.39 is 0 Å². The summed E-state index contributed by atoms with van der Waals surface area (Å²) >= 11 is 0. The third-order valence-corrected chi connectivity index (χ3v) is 3.79. The van der Waals surface area contributed by atoms with E-state index in [0.29, 0.717) is 38.3 Å². The van der Waals surface area contributed by atoms with Gasteiger partial charge in [0, 0.05) is 31.7 Å². The number of hydrogen-bond donors (Lipinski definition) is 0. The van der Waals surface area contributed by atoms with Crippen LogP contribution in [-0.4, -0.2) is 61.7 Å². The molecule has 0 aliphatic carbocycles. The SMILES string of the molecule is CCCOc1ccc(C(=O)N2CCCN(C(=O)OC)CC2)cc1. The number of rotatable bonds is 4. The van der Waals surface area contributed by atoms with Crippen LogP contribution in [0.3, 0.4) is 0 Å². The number of carbonyl (C=O) groups is 2. The quantitative estimate of drug-likeness (QED) is 0.855. The second-order valence-corrected chi connectivity index (χ2v) is 5.48. The molecular formula is C17H24N2O4. The van der Waals surface area contributed by atoms with Gasteiger partial charge in [0.2, 0.25) is 0 Å². The smallest absolute Gasteiger partial charge is 0.409 e. The molecule has 126 valence electrons. The summed E-state index contributed by atoms with van der Waals surface area (Å²) < 4.78 is 10.3. The van der Waals surface area contributed by atoms with Gasteiger partial charge in [-0.1, -0.05) is 6.92 Å². The summed E-state index contributed by atoms with van der Waals surface area (Å²) in [6.45, 7) is 4.98. The van der Waals surface area contributed by atoms with Crippen LogP contribution in [0.25, 0.3) is 0 Å². The molecule has 0 atom stereocenters. The summed E-state index contributed by atoms with van der Waals surface area (Å²) in [4.78, 5) is 27.6. The predicted octanol–water partition coefficient (Wildman–Crippen LogP) is 2.39. The maximum absolute atomic E-state index is 12.6. The fourth-order valence-electron chi connectivity index (χ4n) is 2.53. The van der Waals surface area contributed by atoms with Crippen molar-refractivity contribution < 1.29 is 19.1 Å². The molecule has 1 aliphatic rings. The van der Waals surface area contributed by atoms with Crippen molar-refractivity contribution in [3.63, 3.8) is 0 Å². The lowest BCUT2D eigenvalue weighted by molar-refractivity contribution is 0.0757. The third kappa shape index (κ3) is 4.61. The molecule has 6 heteroatoms. The highest BCUT2D eigenvalue weighted by Crippen LogP contribution is 2.15. The second kappa shape index (κ2) is 8.41. The van der Waals surface area contributed by atoms with E-state index in [1.165, 1.54) is 7.11 Å². The van der Waals surface area contributed by atoms with E-state index >= 15 is 0 Å². The molecule has 1 heterocycles. The molecule has 0 aromatic heterocycles. The zero-order valence-corrected chi connectivity index (χ0v) is 13.8. The summed E-state index contributed by atoms with van der Waals surface area (Å²) in [6.07, 6.45) is 1.36. The summed E-state index contributed by atoms with van der Waals surface area (Å²) in [5.41, 5.74) is 0.639. The van der Waals surface area contributed by atoms with Gasteiger partial charge in [0.15, 0.2) is 0 Å². The van der Waals surface area contributed by atoms with Gasteiger partial charge in [-0.25, -0.2) is 4.79 Å². The molecule has 2 rings (SSSR count). The lowest BCUT2D eigenvalue weighted by atomic mass is 10.2. The maximum atomic E-state index is 12.6. The first-order valence-electron chi connectivity index (χ1n) is 8.00. The Kier molecular flexibility index (Phi) is 6.26. The van der Waals surface area contributed by atoms with Gasteiger partial charge in [-0.15, -0.1) is 0 Å². The molecule has 1 aromatic carbocycles. The van der Waals surface area contributed by atoms with Gasteiger partial charge in [0.05, 0.1) is 13.7 Å². The van der Waals surface area contributed by atoms with E-state index in [2.05, 4.69) is 6.92 Å². The summed E-state index contributed by atoms with van der Waals surface area (Å²) in [7, 11) is 1.37. The molecule has 0 saturated carbocycles. The topological polar surface area (TPSA) is 59.1 Å². The fourth-order valence-corrected chi connectivity index (χ4v) is 2.53. The van der Waals surface area contributed by atoms with Crippen molar-refractivity contribution in [2.45, 2.75) is 19.8 Å². The molecule has 1 fully saturated rings. The number of ether oxygens (including phenoxy) is 2. The van der Waals surface area contributed by atoms with Crippen molar-refractivity contribution in [1.29, 1.82) is 0 Å². The van der Waals surface area contributed by atoms with E-state index in [0.717, 1.165) is 18.6 Å². The van der Waals surface area contributed by atoms with Crippen LogP contribution in [0.4, 0.5) is 4.79 Å². The lowest BCUT2D eigenvalue weighted by Crippen LogP contribution is -2.37. The van der Waals surface area contributed by atoms with Gasteiger partial charge in [-0.3, -0.25) is 4.79 Å². The normalized spacial score (nSPS) is 15.0. The molecule has 1 saturated heterocycles. The molecule has 0 bridgehead atoms. The summed E-state index contributed by atoms with van der Waals surface area (Å²) in [5.74, 6) is 0.759. The predicted molar refractivity (Wildman–Crippen MR) is 86.7 cm³/mol. The highest BCUT2D eigenvalue weighted by atomic mass is 16.5. The van der Waals surface area contributed by atoms with Gasteiger partial charge in [-0.2, -0.15) is 0 Å². The fraction of sp³-hybridized carbons (Fsp3) is 0.529. The molecule has 0 N–H and O–H groups in total. The second-order valence-electron chi connectivity index (χ2n) is 5.48. The van der Waals surface area contributed by atoms with E-state index in [9.17, 15) is 9.59 Å². The number of hydrogen-bond acceptors (Lipinski definition) is 4. The molecule has 6 nitrogen and oxygen atoms in total. The molecule has 0 radical (unpaired) electrons. The standard InChI is InChI=1S/C17H24N2O4/c1-3-13-23-15-7-5-14(6-8-15)16(20)18-9-4-10-19(12-11-18)17(21)22-2/h5-8H,3-4,9-13H2,1-2H3. The zero-order chi connectivity index (χ0) is 16.7. The zero-order valence-electron chi connectivity index (χ0n) is 13.8. The number of nitrogens with zero attached hydrogens (tertiary/aromatic N) is 2. The molecule has 23 heavy (non-hydrogen) atoms. The van der Waals surface area contributed by atoms with Crippen LogP contribution in [0, 0.1) is 0 Å². The van der Waals surface area contributed by atoms with Gasteiger partial charge >= 0.3 is 6.09 Å². The Morgan fingerprint density at radius 2 is 1.70 bits per heavy atom.